The van der Waals surface area contributed by atoms with E-state index in [-0.39, 0.29) is 6.04 Å². The molecule has 2 nitrogen and oxygen atoms in total. The minimum Gasteiger partial charge on any atom is -0.301 e. The van der Waals surface area contributed by atoms with Gasteiger partial charge >= 0.3 is 0 Å². The molecule has 0 saturated heterocycles. The van der Waals surface area contributed by atoms with Gasteiger partial charge in [0.15, 0.2) is 0 Å². The molecule has 1 aromatic rings. The molecule has 0 spiro atoms. The summed E-state index contributed by atoms with van der Waals surface area (Å²) < 4.78 is 0. The van der Waals surface area contributed by atoms with Gasteiger partial charge in [0.2, 0.25) is 0 Å². The second kappa shape index (κ2) is 4.40. The van der Waals surface area contributed by atoms with Crippen LogP contribution in [0.15, 0.2) is 11.4 Å². The Morgan fingerprint density at radius 1 is 1.62 bits per heavy atom. The van der Waals surface area contributed by atoms with Gasteiger partial charge in [0.25, 0.3) is 0 Å². The molecule has 0 aliphatic carbocycles. The zero-order chi connectivity index (χ0) is 9.84. The van der Waals surface area contributed by atoms with Gasteiger partial charge < -0.3 is 4.90 Å². The van der Waals surface area contributed by atoms with E-state index in [4.69, 9.17) is 5.26 Å². The maximum Gasteiger partial charge on any atom is 0.0642 e. The molecule has 1 aromatic heterocycles. The van der Waals surface area contributed by atoms with Crippen molar-refractivity contribution in [1.82, 2.24) is 4.90 Å². The zero-order valence-electron chi connectivity index (χ0n) is 8.24. The van der Waals surface area contributed by atoms with Crippen molar-refractivity contribution in [2.75, 3.05) is 14.1 Å². The van der Waals surface area contributed by atoms with Gasteiger partial charge in [-0.25, -0.2) is 0 Å². The van der Waals surface area contributed by atoms with E-state index in [2.05, 4.69) is 29.3 Å². The molecule has 0 saturated carbocycles. The Bertz CT molecular complexity index is 309. The number of hydrogen-bond acceptors (Lipinski definition) is 3. The molecule has 1 atom stereocenters. The molecule has 0 radical (unpaired) electrons. The van der Waals surface area contributed by atoms with Crippen molar-refractivity contribution in [3.05, 3.63) is 21.9 Å². The fraction of sp³-hybridized carbons (Fsp3) is 0.500. The molecule has 0 aromatic carbocycles. The molecular formula is C10H14N2S. The molecule has 0 fully saturated rings. The normalized spacial score (nSPS) is 12.8. The Hall–Kier alpha value is -0.850. The highest BCUT2D eigenvalue weighted by Crippen LogP contribution is 2.29. The summed E-state index contributed by atoms with van der Waals surface area (Å²) in [6, 6.07) is 4.59. The SMILES string of the molecule is Cc1ccsc1C(CC#N)N(C)C. The summed E-state index contributed by atoms with van der Waals surface area (Å²) in [6.07, 6.45) is 0.564. The van der Waals surface area contributed by atoms with E-state index in [1.165, 1.54) is 10.4 Å². The van der Waals surface area contributed by atoms with E-state index >= 15 is 0 Å². The van der Waals surface area contributed by atoms with Crippen LogP contribution in [0.2, 0.25) is 0 Å². The lowest BCUT2D eigenvalue weighted by Gasteiger charge is -2.21. The van der Waals surface area contributed by atoms with Crippen LogP contribution in [-0.2, 0) is 0 Å². The zero-order valence-corrected chi connectivity index (χ0v) is 9.06. The van der Waals surface area contributed by atoms with Gasteiger partial charge in [0, 0.05) is 4.88 Å². The standard InChI is InChI=1S/C10H14N2S/c1-8-5-7-13-10(8)9(4-6-11)12(2)3/h5,7,9H,4H2,1-3H3. The molecule has 0 amide bonds. The van der Waals surface area contributed by atoms with Gasteiger partial charge in [-0.3, -0.25) is 0 Å². The molecule has 13 heavy (non-hydrogen) atoms. The van der Waals surface area contributed by atoms with E-state index in [1.807, 2.05) is 14.1 Å². The van der Waals surface area contributed by atoms with Crippen molar-refractivity contribution >= 4 is 11.3 Å². The van der Waals surface area contributed by atoms with Crippen LogP contribution in [0.25, 0.3) is 0 Å². The van der Waals surface area contributed by atoms with E-state index in [9.17, 15) is 0 Å². The largest absolute Gasteiger partial charge is 0.301 e. The smallest absolute Gasteiger partial charge is 0.0642 e. The lowest BCUT2D eigenvalue weighted by molar-refractivity contribution is 0.307. The van der Waals surface area contributed by atoms with Crippen molar-refractivity contribution in [2.45, 2.75) is 19.4 Å². The van der Waals surface area contributed by atoms with Crippen LogP contribution < -0.4 is 0 Å². The summed E-state index contributed by atoms with van der Waals surface area (Å²) in [6.45, 7) is 2.10. The second-order valence-corrected chi connectivity index (χ2v) is 4.26. The Kier molecular flexibility index (Phi) is 3.47. The molecule has 0 N–H and O–H groups in total. The highest BCUT2D eigenvalue weighted by atomic mass is 32.1. The van der Waals surface area contributed by atoms with Crippen molar-refractivity contribution < 1.29 is 0 Å². The van der Waals surface area contributed by atoms with Gasteiger partial charge in [-0.05, 0) is 38.0 Å². The first kappa shape index (κ1) is 10.2. The highest BCUT2D eigenvalue weighted by molar-refractivity contribution is 7.10. The molecule has 1 rings (SSSR count). The maximum atomic E-state index is 8.70. The quantitative estimate of drug-likeness (QED) is 0.739. The molecule has 1 heterocycles. The first-order chi connectivity index (χ1) is 6.16. The Balaban J connectivity index is 2.89. The molecule has 0 aliphatic rings. The van der Waals surface area contributed by atoms with Crippen molar-refractivity contribution in [2.24, 2.45) is 0 Å². The van der Waals surface area contributed by atoms with Crippen LogP contribution in [-0.4, -0.2) is 19.0 Å². The number of nitriles is 1. The third-order valence-electron chi connectivity index (χ3n) is 2.11. The Labute approximate surface area is 83.4 Å². The van der Waals surface area contributed by atoms with Crippen LogP contribution in [0.1, 0.15) is 22.9 Å². The summed E-state index contributed by atoms with van der Waals surface area (Å²) in [5.74, 6) is 0. The Morgan fingerprint density at radius 3 is 2.69 bits per heavy atom. The first-order valence-corrected chi connectivity index (χ1v) is 5.12. The summed E-state index contributed by atoms with van der Waals surface area (Å²) in [7, 11) is 4.03. The number of rotatable bonds is 3. The predicted octanol–water partition coefficient (Wildman–Crippen LogP) is 2.57. The van der Waals surface area contributed by atoms with Crippen molar-refractivity contribution in [3.8, 4) is 6.07 Å². The van der Waals surface area contributed by atoms with Crippen LogP contribution in [0.3, 0.4) is 0 Å². The monoisotopic (exact) mass is 194 g/mol. The summed E-state index contributed by atoms with van der Waals surface area (Å²) >= 11 is 1.73. The topological polar surface area (TPSA) is 27.0 Å². The number of thiophene rings is 1. The van der Waals surface area contributed by atoms with E-state index in [0.29, 0.717) is 6.42 Å². The maximum absolute atomic E-state index is 8.70. The fourth-order valence-corrected chi connectivity index (χ4v) is 2.45. The van der Waals surface area contributed by atoms with Gasteiger partial charge in [0.05, 0.1) is 18.5 Å². The summed E-state index contributed by atoms with van der Waals surface area (Å²) in [5.41, 5.74) is 1.29. The summed E-state index contributed by atoms with van der Waals surface area (Å²) in [4.78, 5) is 3.41. The predicted molar refractivity (Wildman–Crippen MR) is 55.7 cm³/mol. The average Bonchev–Trinajstić information content (AvgIpc) is 2.47. The van der Waals surface area contributed by atoms with Crippen LogP contribution >= 0.6 is 11.3 Å². The third-order valence-corrected chi connectivity index (χ3v) is 3.23. The Morgan fingerprint density at radius 2 is 2.31 bits per heavy atom. The highest BCUT2D eigenvalue weighted by Gasteiger charge is 2.16. The molecule has 70 valence electrons. The van der Waals surface area contributed by atoms with Gasteiger partial charge in [-0.15, -0.1) is 11.3 Å². The van der Waals surface area contributed by atoms with E-state index in [1.54, 1.807) is 11.3 Å². The fourth-order valence-electron chi connectivity index (χ4n) is 1.32. The minimum atomic E-state index is 0.255. The molecule has 0 bridgehead atoms. The van der Waals surface area contributed by atoms with Gasteiger partial charge in [0.1, 0.15) is 0 Å². The van der Waals surface area contributed by atoms with Crippen molar-refractivity contribution in [1.29, 1.82) is 5.26 Å². The average molecular weight is 194 g/mol. The molecular weight excluding hydrogens is 180 g/mol. The molecule has 1 unspecified atom stereocenters. The lowest BCUT2D eigenvalue weighted by atomic mass is 10.1. The lowest BCUT2D eigenvalue weighted by Crippen LogP contribution is -2.19. The van der Waals surface area contributed by atoms with Crippen LogP contribution in [0.4, 0.5) is 0 Å². The van der Waals surface area contributed by atoms with Gasteiger partial charge in [-0.1, -0.05) is 0 Å². The minimum absolute atomic E-state index is 0.255. The number of aryl methyl sites for hydroxylation is 1. The third kappa shape index (κ3) is 2.30. The van der Waals surface area contributed by atoms with Gasteiger partial charge in [-0.2, -0.15) is 5.26 Å². The second-order valence-electron chi connectivity index (χ2n) is 3.31. The summed E-state index contributed by atoms with van der Waals surface area (Å²) in [5, 5.41) is 10.8. The number of nitrogens with zero attached hydrogens (tertiary/aromatic N) is 2. The molecule has 0 aliphatic heterocycles. The van der Waals surface area contributed by atoms with E-state index in [0.717, 1.165) is 0 Å². The van der Waals surface area contributed by atoms with Crippen LogP contribution in [0, 0.1) is 18.3 Å². The van der Waals surface area contributed by atoms with Crippen molar-refractivity contribution in [3.63, 3.8) is 0 Å². The molecule has 3 heteroatoms. The number of hydrogen-bond donors (Lipinski definition) is 0. The van der Waals surface area contributed by atoms with Crippen LogP contribution in [0.5, 0.6) is 0 Å². The first-order valence-electron chi connectivity index (χ1n) is 4.24. The van der Waals surface area contributed by atoms with E-state index < -0.39 is 0 Å².